The van der Waals surface area contributed by atoms with Gasteiger partial charge in [-0.3, -0.25) is 14.5 Å². The highest BCUT2D eigenvalue weighted by molar-refractivity contribution is 5.67. The van der Waals surface area contributed by atoms with Gasteiger partial charge in [0.1, 0.15) is 0 Å². The SMILES string of the molecule is CC(=O)O[C@@H]1[C@H](OC(C)=O)[C@H]2CC(O)C[C@@H]1N2C. The smallest absolute Gasteiger partial charge is 0.303 e. The summed E-state index contributed by atoms with van der Waals surface area (Å²) in [7, 11) is 1.90. The van der Waals surface area contributed by atoms with E-state index in [2.05, 4.69) is 0 Å². The van der Waals surface area contributed by atoms with Crippen molar-refractivity contribution in [3.8, 4) is 0 Å². The van der Waals surface area contributed by atoms with Gasteiger partial charge in [0.25, 0.3) is 0 Å². The van der Waals surface area contributed by atoms with Crippen LogP contribution < -0.4 is 0 Å². The van der Waals surface area contributed by atoms with Crippen molar-refractivity contribution in [3.63, 3.8) is 0 Å². The number of carbonyl (C=O) groups excluding carboxylic acids is 2. The quantitative estimate of drug-likeness (QED) is 0.684. The van der Waals surface area contributed by atoms with Gasteiger partial charge in [0.15, 0.2) is 12.2 Å². The predicted octanol–water partition coefficient (Wildman–Crippen LogP) is -0.313. The fraction of sp³-hybridized carbons (Fsp3) is 0.833. The maximum Gasteiger partial charge on any atom is 0.303 e. The molecule has 102 valence electrons. The van der Waals surface area contributed by atoms with Crippen LogP contribution in [0.1, 0.15) is 26.7 Å². The van der Waals surface area contributed by atoms with Gasteiger partial charge in [0.05, 0.1) is 18.2 Å². The van der Waals surface area contributed by atoms with Gasteiger partial charge in [0.2, 0.25) is 0 Å². The molecular weight excluding hydrogens is 238 g/mol. The van der Waals surface area contributed by atoms with E-state index < -0.39 is 30.3 Å². The van der Waals surface area contributed by atoms with Gasteiger partial charge in [0, 0.05) is 13.8 Å². The minimum atomic E-state index is -0.487. The molecule has 2 bridgehead atoms. The van der Waals surface area contributed by atoms with Crippen LogP contribution in [0.15, 0.2) is 0 Å². The maximum absolute atomic E-state index is 11.2. The zero-order valence-corrected chi connectivity index (χ0v) is 10.8. The number of nitrogens with zero attached hydrogens (tertiary/aromatic N) is 1. The number of aliphatic hydroxyl groups is 1. The third kappa shape index (κ3) is 2.35. The largest absolute Gasteiger partial charge is 0.457 e. The monoisotopic (exact) mass is 257 g/mol. The Morgan fingerprint density at radius 2 is 1.44 bits per heavy atom. The van der Waals surface area contributed by atoms with Crippen molar-refractivity contribution < 1.29 is 24.2 Å². The normalized spacial score (nSPS) is 39.4. The fourth-order valence-electron chi connectivity index (χ4n) is 3.08. The summed E-state index contributed by atoms with van der Waals surface area (Å²) in [6.07, 6.45) is -0.349. The van der Waals surface area contributed by atoms with Gasteiger partial charge in [-0.25, -0.2) is 0 Å². The highest BCUT2D eigenvalue weighted by Crippen LogP contribution is 2.38. The second-order valence-electron chi connectivity index (χ2n) is 5.07. The number of rotatable bonds is 2. The van der Waals surface area contributed by atoms with Crippen molar-refractivity contribution in [2.45, 2.75) is 57.1 Å². The molecule has 6 nitrogen and oxygen atoms in total. The third-order valence-corrected chi connectivity index (χ3v) is 3.76. The first-order chi connectivity index (χ1) is 8.40. The topological polar surface area (TPSA) is 76.1 Å². The van der Waals surface area contributed by atoms with Gasteiger partial charge in [-0.15, -0.1) is 0 Å². The van der Waals surface area contributed by atoms with Crippen LogP contribution in [0.4, 0.5) is 0 Å². The second kappa shape index (κ2) is 4.85. The molecule has 0 saturated carbocycles. The summed E-state index contributed by atoms with van der Waals surface area (Å²) < 4.78 is 10.6. The van der Waals surface area contributed by atoms with E-state index in [-0.39, 0.29) is 12.1 Å². The number of aliphatic hydroxyl groups excluding tert-OH is 1. The number of esters is 2. The van der Waals surface area contributed by atoms with Gasteiger partial charge < -0.3 is 14.6 Å². The Balaban J connectivity index is 2.22. The lowest BCUT2D eigenvalue weighted by atomic mass is 10.0. The summed E-state index contributed by atoms with van der Waals surface area (Å²) in [5.74, 6) is -0.791. The van der Waals surface area contributed by atoms with Crippen LogP contribution in [0.25, 0.3) is 0 Å². The number of hydrogen-bond donors (Lipinski definition) is 1. The number of ether oxygens (including phenoxy) is 2. The van der Waals surface area contributed by atoms with E-state index in [4.69, 9.17) is 9.47 Å². The molecule has 0 aromatic carbocycles. The average molecular weight is 257 g/mol. The lowest BCUT2D eigenvalue weighted by Crippen LogP contribution is -2.45. The second-order valence-corrected chi connectivity index (χ2v) is 5.07. The molecule has 0 spiro atoms. The molecule has 0 aliphatic carbocycles. The minimum Gasteiger partial charge on any atom is -0.457 e. The Bertz CT molecular complexity index is 326. The summed E-state index contributed by atoms with van der Waals surface area (Å²) >= 11 is 0. The van der Waals surface area contributed by atoms with Crippen molar-refractivity contribution >= 4 is 11.9 Å². The van der Waals surface area contributed by atoms with Crippen molar-refractivity contribution in [1.29, 1.82) is 0 Å². The van der Waals surface area contributed by atoms with Crippen LogP contribution in [0.3, 0.4) is 0 Å². The molecule has 1 unspecified atom stereocenters. The summed E-state index contributed by atoms with van der Waals surface area (Å²) in [4.78, 5) is 24.4. The first-order valence-electron chi connectivity index (χ1n) is 6.14. The first kappa shape index (κ1) is 13.3. The van der Waals surface area contributed by atoms with E-state index in [1.54, 1.807) is 0 Å². The van der Waals surface area contributed by atoms with E-state index in [9.17, 15) is 14.7 Å². The molecule has 2 heterocycles. The van der Waals surface area contributed by atoms with E-state index in [1.807, 2.05) is 11.9 Å². The zero-order chi connectivity index (χ0) is 13.4. The number of carbonyl (C=O) groups is 2. The molecule has 0 aromatic heterocycles. The van der Waals surface area contributed by atoms with Crippen molar-refractivity contribution in [2.24, 2.45) is 0 Å². The van der Waals surface area contributed by atoms with E-state index in [0.29, 0.717) is 12.8 Å². The molecule has 2 saturated heterocycles. The Hall–Kier alpha value is -1.14. The maximum atomic E-state index is 11.2. The standard InChI is InChI=1S/C12H19NO5/c1-6(14)17-11-9-4-8(16)5-10(13(9)3)12(11)18-7(2)15/h8-12,16H,4-5H2,1-3H3/t8?,9-,10+,11-,12+. The summed E-state index contributed by atoms with van der Waals surface area (Å²) in [6, 6.07) is -0.181. The molecule has 0 radical (unpaired) electrons. The highest BCUT2D eigenvalue weighted by Gasteiger charge is 2.54. The molecule has 2 aliphatic heterocycles. The first-order valence-corrected chi connectivity index (χ1v) is 6.14. The van der Waals surface area contributed by atoms with E-state index >= 15 is 0 Å². The van der Waals surface area contributed by atoms with Crippen LogP contribution in [-0.2, 0) is 19.1 Å². The van der Waals surface area contributed by atoms with Gasteiger partial charge in [-0.1, -0.05) is 0 Å². The highest BCUT2D eigenvalue weighted by atomic mass is 16.6. The molecule has 2 rings (SSSR count). The van der Waals surface area contributed by atoms with Gasteiger partial charge >= 0.3 is 11.9 Å². The average Bonchev–Trinajstić information content (AvgIpc) is 2.41. The summed E-state index contributed by atoms with van der Waals surface area (Å²) in [5, 5.41) is 9.80. The fourth-order valence-corrected chi connectivity index (χ4v) is 3.08. The van der Waals surface area contributed by atoms with Crippen LogP contribution in [0, 0.1) is 0 Å². The van der Waals surface area contributed by atoms with Crippen LogP contribution in [0.5, 0.6) is 0 Å². The Morgan fingerprint density at radius 3 is 1.78 bits per heavy atom. The Kier molecular flexibility index (Phi) is 3.59. The number of fused-ring (bicyclic) bond motifs is 2. The van der Waals surface area contributed by atoms with E-state index in [1.165, 1.54) is 13.8 Å². The van der Waals surface area contributed by atoms with Crippen molar-refractivity contribution in [3.05, 3.63) is 0 Å². The third-order valence-electron chi connectivity index (χ3n) is 3.76. The van der Waals surface area contributed by atoms with Gasteiger partial charge in [-0.05, 0) is 19.9 Å². The zero-order valence-electron chi connectivity index (χ0n) is 10.8. The number of hydrogen-bond acceptors (Lipinski definition) is 6. The molecule has 1 N–H and O–H groups in total. The van der Waals surface area contributed by atoms with E-state index in [0.717, 1.165) is 0 Å². The molecule has 5 atom stereocenters. The molecule has 2 aliphatic rings. The van der Waals surface area contributed by atoms with Gasteiger partial charge in [-0.2, -0.15) is 0 Å². The Labute approximate surface area is 106 Å². The number of likely N-dealkylation sites (N-methyl/N-ethyl adjacent to an activating group) is 1. The summed E-state index contributed by atoms with van der Waals surface area (Å²) in [5.41, 5.74) is 0. The molecule has 2 fully saturated rings. The number of piperidine rings is 1. The van der Waals surface area contributed by atoms with Crippen LogP contribution >= 0.6 is 0 Å². The molecule has 6 heteroatoms. The molecule has 0 aromatic rings. The minimum absolute atomic E-state index is 0.0907. The Morgan fingerprint density at radius 1 is 1.06 bits per heavy atom. The summed E-state index contributed by atoms with van der Waals surface area (Å²) in [6.45, 7) is 2.67. The lowest BCUT2D eigenvalue weighted by Gasteiger charge is -2.34. The molecule has 18 heavy (non-hydrogen) atoms. The van der Waals surface area contributed by atoms with Crippen molar-refractivity contribution in [2.75, 3.05) is 7.05 Å². The van der Waals surface area contributed by atoms with Crippen LogP contribution in [-0.4, -0.2) is 59.4 Å². The predicted molar refractivity (Wildman–Crippen MR) is 61.7 cm³/mol. The lowest BCUT2D eigenvalue weighted by molar-refractivity contribution is -0.163. The molecule has 0 amide bonds. The van der Waals surface area contributed by atoms with Crippen LogP contribution in [0.2, 0.25) is 0 Å². The van der Waals surface area contributed by atoms with Crippen molar-refractivity contribution in [1.82, 2.24) is 4.90 Å². The molecular formula is C12H19NO5.